The van der Waals surface area contributed by atoms with Gasteiger partial charge in [-0.15, -0.1) is 11.3 Å². The molecule has 2 aromatic heterocycles. The van der Waals surface area contributed by atoms with Gasteiger partial charge in [0.05, 0.1) is 16.5 Å². The summed E-state index contributed by atoms with van der Waals surface area (Å²) in [6, 6.07) is 1.65. The number of nitrogens with one attached hydrogen (secondary N) is 2. The van der Waals surface area contributed by atoms with Crippen molar-refractivity contribution in [2.24, 2.45) is 0 Å². The van der Waals surface area contributed by atoms with Crippen molar-refractivity contribution in [1.82, 2.24) is 15.0 Å². The van der Waals surface area contributed by atoms with Crippen molar-refractivity contribution in [1.29, 1.82) is 0 Å². The lowest BCUT2D eigenvalue weighted by Crippen LogP contribution is -2.23. The normalized spacial score (nSPS) is 11.9. The van der Waals surface area contributed by atoms with Crippen LogP contribution >= 0.6 is 27.3 Å². The average molecular weight is 380 g/mol. The summed E-state index contributed by atoms with van der Waals surface area (Å²) in [5, 5.41) is 2.99. The SMILES string of the molecule is CNCc1cc(S(=O)(=O)NCc2ncc(C)o2)c(Br)s1. The summed E-state index contributed by atoms with van der Waals surface area (Å²) in [4.78, 5) is 5.13. The maximum absolute atomic E-state index is 12.2. The number of rotatable bonds is 6. The molecule has 2 N–H and O–H groups in total. The number of thiophene rings is 1. The monoisotopic (exact) mass is 379 g/mol. The number of sulfonamides is 1. The molecule has 20 heavy (non-hydrogen) atoms. The van der Waals surface area contributed by atoms with Crippen molar-refractivity contribution in [3.8, 4) is 0 Å². The molecule has 0 atom stereocenters. The van der Waals surface area contributed by atoms with Gasteiger partial charge in [-0.1, -0.05) is 0 Å². The molecular formula is C11H14BrN3O3S2. The van der Waals surface area contributed by atoms with Gasteiger partial charge in [0.25, 0.3) is 0 Å². The van der Waals surface area contributed by atoms with Crippen molar-refractivity contribution < 1.29 is 12.8 Å². The second-order valence-corrected chi connectivity index (χ2v) is 8.26. The van der Waals surface area contributed by atoms with Crippen LogP contribution in [0.5, 0.6) is 0 Å². The summed E-state index contributed by atoms with van der Waals surface area (Å²) in [5.41, 5.74) is 0. The molecule has 0 fully saturated rings. The Balaban J connectivity index is 2.13. The third kappa shape index (κ3) is 3.67. The maximum atomic E-state index is 12.2. The standard InChI is InChI=1S/C11H14BrN3O3S2/c1-7-4-14-10(18-7)6-15-20(16,17)9-3-8(5-13-2)19-11(9)12/h3-4,13,15H,5-6H2,1-2H3. The minimum Gasteiger partial charge on any atom is -0.445 e. The van der Waals surface area contributed by atoms with E-state index in [2.05, 4.69) is 31.0 Å². The average Bonchev–Trinajstić information content (AvgIpc) is 2.94. The van der Waals surface area contributed by atoms with E-state index in [9.17, 15) is 8.42 Å². The van der Waals surface area contributed by atoms with E-state index in [-0.39, 0.29) is 11.4 Å². The molecule has 2 heterocycles. The minimum absolute atomic E-state index is 0.0276. The molecule has 0 spiro atoms. The number of aromatic nitrogens is 1. The zero-order chi connectivity index (χ0) is 14.8. The first-order valence-corrected chi connectivity index (χ1v) is 8.85. The van der Waals surface area contributed by atoms with Gasteiger partial charge in [0.15, 0.2) is 0 Å². The lowest BCUT2D eigenvalue weighted by Gasteiger charge is -2.03. The number of hydrogen-bond acceptors (Lipinski definition) is 6. The predicted molar refractivity (Wildman–Crippen MR) is 80.0 cm³/mol. The van der Waals surface area contributed by atoms with Crippen molar-refractivity contribution >= 4 is 37.3 Å². The number of oxazole rings is 1. The Bertz CT molecular complexity index is 694. The molecule has 0 unspecified atom stereocenters. The van der Waals surface area contributed by atoms with E-state index >= 15 is 0 Å². The molecule has 0 radical (unpaired) electrons. The lowest BCUT2D eigenvalue weighted by atomic mass is 10.5. The van der Waals surface area contributed by atoms with Crippen LogP contribution in [0.25, 0.3) is 0 Å². The lowest BCUT2D eigenvalue weighted by molar-refractivity contribution is 0.463. The van der Waals surface area contributed by atoms with Crippen LogP contribution in [0.15, 0.2) is 25.4 Å². The fraction of sp³-hybridized carbons (Fsp3) is 0.364. The summed E-state index contributed by atoms with van der Waals surface area (Å²) in [6.45, 7) is 2.40. The fourth-order valence-corrected chi connectivity index (χ4v) is 5.23. The third-order valence-corrected chi connectivity index (χ3v) is 6.08. The van der Waals surface area contributed by atoms with Gasteiger partial charge in [-0.05, 0) is 36.0 Å². The molecule has 0 aliphatic rings. The molecule has 0 aliphatic carbocycles. The first kappa shape index (κ1) is 15.6. The van der Waals surface area contributed by atoms with Gasteiger partial charge in [0.1, 0.15) is 10.7 Å². The highest BCUT2D eigenvalue weighted by Crippen LogP contribution is 2.31. The van der Waals surface area contributed by atoms with E-state index < -0.39 is 10.0 Å². The Morgan fingerprint density at radius 3 is 2.80 bits per heavy atom. The Labute approximate surface area is 129 Å². The summed E-state index contributed by atoms with van der Waals surface area (Å²) < 4.78 is 32.7. The molecule has 6 nitrogen and oxygen atoms in total. The van der Waals surface area contributed by atoms with Crippen molar-refractivity contribution in [3.05, 3.63) is 32.6 Å². The second-order valence-electron chi connectivity index (χ2n) is 4.07. The van der Waals surface area contributed by atoms with Gasteiger partial charge >= 0.3 is 0 Å². The Morgan fingerprint density at radius 2 is 2.20 bits per heavy atom. The summed E-state index contributed by atoms with van der Waals surface area (Å²) in [7, 11) is -1.78. The van der Waals surface area contributed by atoms with Crippen LogP contribution in [0.1, 0.15) is 16.5 Å². The Hall–Kier alpha value is -0.740. The molecule has 0 aliphatic heterocycles. The molecule has 0 saturated carbocycles. The van der Waals surface area contributed by atoms with Crippen molar-refractivity contribution in [2.45, 2.75) is 24.9 Å². The largest absolute Gasteiger partial charge is 0.445 e. The van der Waals surface area contributed by atoms with Gasteiger partial charge in [0, 0.05) is 11.4 Å². The number of nitrogens with zero attached hydrogens (tertiary/aromatic N) is 1. The first-order chi connectivity index (χ1) is 9.42. The molecule has 2 rings (SSSR count). The van der Waals surface area contributed by atoms with Gasteiger partial charge in [-0.25, -0.2) is 18.1 Å². The van der Waals surface area contributed by atoms with Crippen molar-refractivity contribution in [3.63, 3.8) is 0 Å². The Kier molecular flexibility index (Phi) is 4.97. The zero-order valence-corrected chi connectivity index (χ0v) is 14.2. The van der Waals surface area contributed by atoms with Gasteiger partial charge < -0.3 is 9.73 Å². The van der Waals surface area contributed by atoms with Gasteiger partial charge in [-0.2, -0.15) is 0 Å². The minimum atomic E-state index is -3.59. The van der Waals surface area contributed by atoms with Crippen molar-refractivity contribution in [2.75, 3.05) is 7.05 Å². The first-order valence-electron chi connectivity index (χ1n) is 5.76. The smallest absolute Gasteiger partial charge is 0.243 e. The van der Waals surface area contributed by atoms with E-state index in [0.717, 1.165) is 4.88 Å². The van der Waals surface area contributed by atoms with Crippen LogP contribution in [-0.4, -0.2) is 20.4 Å². The molecule has 110 valence electrons. The number of halogens is 1. The second kappa shape index (κ2) is 6.35. The predicted octanol–water partition coefficient (Wildman–Crippen LogP) is 2.00. The van der Waals surface area contributed by atoms with Crippen LogP contribution in [-0.2, 0) is 23.1 Å². The van der Waals surface area contributed by atoms with E-state index in [0.29, 0.717) is 22.0 Å². The summed E-state index contributed by atoms with van der Waals surface area (Å²) in [6.07, 6.45) is 1.55. The highest BCUT2D eigenvalue weighted by Gasteiger charge is 2.21. The molecular weight excluding hydrogens is 366 g/mol. The molecule has 0 amide bonds. The third-order valence-electron chi connectivity index (χ3n) is 2.43. The summed E-state index contributed by atoms with van der Waals surface area (Å²) in [5.74, 6) is 0.986. The van der Waals surface area contributed by atoms with Crippen LogP contribution in [0.2, 0.25) is 0 Å². The summed E-state index contributed by atoms with van der Waals surface area (Å²) >= 11 is 4.67. The van der Waals surface area contributed by atoms with Crippen LogP contribution in [0.4, 0.5) is 0 Å². The van der Waals surface area contributed by atoms with E-state index in [1.807, 2.05) is 7.05 Å². The number of hydrogen-bond donors (Lipinski definition) is 2. The molecule has 9 heteroatoms. The van der Waals surface area contributed by atoms with E-state index in [1.54, 1.807) is 19.2 Å². The van der Waals surface area contributed by atoms with E-state index in [4.69, 9.17) is 4.42 Å². The van der Waals surface area contributed by atoms with Crippen LogP contribution in [0.3, 0.4) is 0 Å². The van der Waals surface area contributed by atoms with Crippen LogP contribution in [0, 0.1) is 6.92 Å². The number of aryl methyl sites for hydroxylation is 1. The molecule has 2 aromatic rings. The molecule has 0 saturated heterocycles. The van der Waals surface area contributed by atoms with Gasteiger partial charge in [0.2, 0.25) is 15.9 Å². The highest BCUT2D eigenvalue weighted by atomic mass is 79.9. The van der Waals surface area contributed by atoms with E-state index in [1.165, 1.54) is 11.3 Å². The quantitative estimate of drug-likeness (QED) is 0.801. The molecule has 0 aromatic carbocycles. The Morgan fingerprint density at radius 1 is 1.45 bits per heavy atom. The maximum Gasteiger partial charge on any atom is 0.243 e. The highest BCUT2D eigenvalue weighted by molar-refractivity contribution is 9.11. The van der Waals surface area contributed by atoms with Crippen LogP contribution < -0.4 is 10.0 Å². The zero-order valence-electron chi connectivity index (χ0n) is 10.9. The topological polar surface area (TPSA) is 84.2 Å². The van der Waals surface area contributed by atoms with Gasteiger partial charge in [-0.3, -0.25) is 0 Å². The fourth-order valence-electron chi connectivity index (χ4n) is 1.56. The molecule has 0 bridgehead atoms.